The maximum absolute atomic E-state index is 6.35. The molecule has 4 atom stereocenters. The Labute approximate surface area is 165 Å². The summed E-state index contributed by atoms with van der Waals surface area (Å²) in [4.78, 5) is 0. The lowest BCUT2D eigenvalue weighted by atomic mass is 9.78. The first-order chi connectivity index (χ1) is 13.1. The highest BCUT2D eigenvalue weighted by molar-refractivity contribution is 6.30. The largest absolute Gasteiger partial charge is 0.353 e. The third kappa shape index (κ3) is 3.62. The van der Waals surface area contributed by atoms with E-state index in [4.69, 9.17) is 26.2 Å². The van der Waals surface area contributed by atoms with Crippen molar-refractivity contribution in [1.29, 1.82) is 0 Å². The molecule has 2 aliphatic rings. The molecule has 0 amide bonds. The summed E-state index contributed by atoms with van der Waals surface area (Å²) in [6, 6.07) is 16.5. The van der Waals surface area contributed by atoms with Gasteiger partial charge in [0.15, 0.2) is 12.5 Å². The Morgan fingerprint density at radius 1 is 1.11 bits per heavy atom. The number of anilines is 1. The van der Waals surface area contributed by atoms with Crippen LogP contribution in [-0.2, 0) is 9.47 Å². The van der Waals surface area contributed by atoms with Crippen LogP contribution < -0.4 is 5.01 Å². The monoisotopic (exact) mass is 384 g/mol. The number of benzene rings is 2. The Morgan fingerprint density at radius 3 is 2.48 bits per heavy atom. The van der Waals surface area contributed by atoms with Crippen LogP contribution >= 0.6 is 11.6 Å². The van der Waals surface area contributed by atoms with E-state index < -0.39 is 0 Å². The van der Waals surface area contributed by atoms with Crippen molar-refractivity contribution >= 4 is 23.0 Å². The van der Waals surface area contributed by atoms with Crippen molar-refractivity contribution in [1.82, 2.24) is 0 Å². The number of hydrogen-bond acceptors (Lipinski definition) is 4. The highest BCUT2D eigenvalue weighted by Gasteiger charge is 2.48. The number of nitrogens with zero attached hydrogens (tertiary/aromatic N) is 2. The fourth-order valence-corrected chi connectivity index (χ4v) is 4.22. The molecule has 5 heteroatoms. The van der Waals surface area contributed by atoms with Gasteiger partial charge in [-0.05, 0) is 50.6 Å². The molecular formula is C22H25ClN2O2. The van der Waals surface area contributed by atoms with Crippen LogP contribution in [0.5, 0.6) is 0 Å². The fourth-order valence-electron chi connectivity index (χ4n) is 4.10. The van der Waals surface area contributed by atoms with Crippen LogP contribution in [0, 0.1) is 12.8 Å². The van der Waals surface area contributed by atoms with Crippen molar-refractivity contribution < 1.29 is 9.47 Å². The summed E-state index contributed by atoms with van der Waals surface area (Å²) < 4.78 is 12.2. The molecule has 0 bridgehead atoms. The Bertz CT molecular complexity index is 819. The van der Waals surface area contributed by atoms with Gasteiger partial charge < -0.3 is 9.47 Å². The highest BCUT2D eigenvalue weighted by Crippen LogP contribution is 2.45. The highest BCUT2D eigenvalue weighted by atomic mass is 35.5. The van der Waals surface area contributed by atoms with E-state index in [1.807, 2.05) is 36.2 Å². The van der Waals surface area contributed by atoms with Gasteiger partial charge in [-0.1, -0.05) is 41.4 Å². The van der Waals surface area contributed by atoms with E-state index in [2.05, 4.69) is 38.1 Å². The van der Waals surface area contributed by atoms with Gasteiger partial charge in [0, 0.05) is 29.7 Å². The molecule has 2 heterocycles. The van der Waals surface area contributed by atoms with Crippen molar-refractivity contribution in [3.63, 3.8) is 0 Å². The molecule has 0 spiro atoms. The predicted octanol–water partition coefficient (Wildman–Crippen LogP) is 5.35. The van der Waals surface area contributed by atoms with E-state index in [1.54, 1.807) is 0 Å². The summed E-state index contributed by atoms with van der Waals surface area (Å²) >= 11 is 6.06. The van der Waals surface area contributed by atoms with Gasteiger partial charge in [0.2, 0.25) is 0 Å². The number of halogens is 1. The summed E-state index contributed by atoms with van der Waals surface area (Å²) in [6.07, 6.45) is 0.417. The Kier molecular flexibility index (Phi) is 5.22. The van der Waals surface area contributed by atoms with Crippen LogP contribution in [0.25, 0.3) is 0 Å². The second-order valence-corrected chi connectivity index (χ2v) is 7.69. The molecule has 4 nitrogen and oxygen atoms in total. The van der Waals surface area contributed by atoms with Crippen molar-refractivity contribution in [3.05, 3.63) is 64.7 Å². The lowest BCUT2D eigenvalue weighted by Gasteiger charge is -2.41. The molecular weight excluding hydrogens is 360 g/mol. The first-order valence-corrected chi connectivity index (χ1v) is 9.88. The van der Waals surface area contributed by atoms with Gasteiger partial charge >= 0.3 is 0 Å². The summed E-state index contributed by atoms with van der Waals surface area (Å²) in [5.74, 6) is 0.502. The molecule has 0 N–H and O–H groups in total. The first-order valence-electron chi connectivity index (χ1n) is 9.50. The van der Waals surface area contributed by atoms with E-state index in [9.17, 15) is 0 Å². The smallest absolute Gasteiger partial charge is 0.162 e. The van der Waals surface area contributed by atoms with Crippen LogP contribution in [-0.4, -0.2) is 24.8 Å². The van der Waals surface area contributed by atoms with Crippen LogP contribution in [0.15, 0.2) is 53.6 Å². The van der Waals surface area contributed by atoms with Crippen molar-refractivity contribution in [2.75, 3.05) is 11.6 Å². The number of hydrazone groups is 1. The van der Waals surface area contributed by atoms with Gasteiger partial charge in [0.05, 0.1) is 11.6 Å². The molecule has 2 aliphatic heterocycles. The maximum atomic E-state index is 6.35. The molecule has 4 rings (SSSR count). The third-order valence-corrected chi connectivity index (χ3v) is 5.67. The summed E-state index contributed by atoms with van der Waals surface area (Å²) in [5, 5.41) is 7.53. The number of rotatable bonds is 4. The van der Waals surface area contributed by atoms with Crippen molar-refractivity contribution in [2.24, 2.45) is 11.0 Å². The number of hydrogen-bond donors (Lipinski definition) is 0. The average molecular weight is 385 g/mol. The number of ether oxygens (including phenoxy) is 2. The second-order valence-electron chi connectivity index (χ2n) is 7.25. The molecule has 1 saturated heterocycles. The van der Waals surface area contributed by atoms with E-state index >= 15 is 0 Å². The molecule has 0 saturated carbocycles. The molecule has 2 aromatic carbocycles. The van der Waals surface area contributed by atoms with Crippen LogP contribution in [0.1, 0.15) is 37.3 Å². The van der Waals surface area contributed by atoms with Gasteiger partial charge in [-0.15, -0.1) is 0 Å². The molecule has 1 fully saturated rings. The quantitative estimate of drug-likeness (QED) is 0.712. The lowest BCUT2D eigenvalue weighted by Crippen LogP contribution is -2.47. The molecule has 0 aliphatic carbocycles. The number of fused-ring (bicyclic) bond motifs is 1. The van der Waals surface area contributed by atoms with Gasteiger partial charge in [0.1, 0.15) is 0 Å². The van der Waals surface area contributed by atoms with Crippen molar-refractivity contribution in [2.45, 2.75) is 45.6 Å². The van der Waals surface area contributed by atoms with Crippen LogP contribution in [0.2, 0.25) is 5.02 Å². The first kappa shape index (κ1) is 18.5. The minimum absolute atomic E-state index is 0.178. The topological polar surface area (TPSA) is 34.1 Å². The molecule has 0 aromatic heterocycles. The molecule has 142 valence electrons. The Balaban J connectivity index is 1.69. The minimum atomic E-state index is -0.238. The molecule has 27 heavy (non-hydrogen) atoms. The predicted molar refractivity (Wildman–Crippen MR) is 109 cm³/mol. The van der Waals surface area contributed by atoms with Gasteiger partial charge in [-0.25, -0.2) is 5.01 Å². The minimum Gasteiger partial charge on any atom is -0.353 e. The second kappa shape index (κ2) is 7.63. The SMILES string of the molecule is CCO[C@@H]1C[C@H](c2ccc(C)cc2)C2C(C)=NN(c3ccc(Cl)cc3)C2O1. The molecule has 2 aromatic rings. The standard InChI is InChI=1S/C22H25ClN2O2/c1-4-26-20-13-19(16-7-5-14(2)6-8-16)21-15(3)24-25(22(21)27-20)18-11-9-17(23)10-12-18/h5-12,19-22H,4,13H2,1-3H3/t19-,20+,21?,22?/m1/s1. The molecule has 2 unspecified atom stereocenters. The maximum Gasteiger partial charge on any atom is 0.162 e. The van der Waals surface area contributed by atoms with E-state index in [1.165, 1.54) is 11.1 Å². The zero-order chi connectivity index (χ0) is 19.0. The van der Waals surface area contributed by atoms with E-state index in [-0.39, 0.29) is 18.4 Å². The van der Waals surface area contributed by atoms with Gasteiger partial charge in [-0.2, -0.15) is 5.10 Å². The van der Waals surface area contributed by atoms with Crippen LogP contribution in [0.3, 0.4) is 0 Å². The summed E-state index contributed by atoms with van der Waals surface area (Å²) in [7, 11) is 0. The summed E-state index contributed by atoms with van der Waals surface area (Å²) in [6.45, 7) is 6.84. The zero-order valence-corrected chi connectivity index (χ0v) is 16.7. The fraction of sp³-hybridized carbons (Fsp3) is 0.409. The van der Waals surface area contributed by atoms with E-state index in [0.29, 0.717) is 17.5 Å². The lowest BCUT2D eigenvalue weighted by molar-refractivity contribution is -0.202. The number of aryl methyl sites for hydroxylation is 1. The van der Waals surface area contributed by atoms with E-state index in [0.717, 1.165) is 17.8 Å². The Morgan fingerprint density at radius 2 is 1.81 bits per heavy atom. The van der Waals surface area contributed by atoms with Crippen molar-refractivity contribution in [3.8, 4) is 0 Å². The van der Waals surface area contributed by atoms with Gasteiger partial charge in [-0.3, -0.25) is 0 Å². The Hall–Kier alpha value is -1.88. The normalized spacial score (nSPS) is 27.4. The molecule has 0 radical (unpaired) electrons. The zero-order valence-electron chi connectivity index (χ0n) is 15.9. The van der Waals surface area contributed by atoms with Crippen LogP contribution in [0.4, 0.5) is 5.69 Å². The average Bonchev–Trinajstić information content (AvgIpc) is 2.99. The third-order valence-electron chi connectivity index (χ3n) is 5.42. The van der Waals surface area contributed by atoms with Gasteiger partial charge in [0.25, 0.3) is 0 Å². The summed E-state index contributed by atoms with van der Waals surface area (Å²) in [5.41, 5.74) is 4.65.